The summed E-state index contributed by atoms with van der Waals surface area (Å²) in [6, 6.07) is -0.00528. The zero-order valence-electron chi connectivity index (χ0n) is 14.0. The van der Waals surface area contributed by atoms with E-state index in [4.69, 9.17) is 4.52 Å². The summed E-state index contributed by atoms with van der Waals surface area (Å²) < 4.78 is 7.06. The number of aryl methyl sites for hydroxylation is 3. The van der Waals surface area contributed by atoms with E-state index in [9.17, 15) is 0 Å². The maximum Gasteiger partial charge on any atom is 0.263 e. The molecule has 0 aliphatic rings. The standard InChI is InChI=1S/C15H21N7O/c1-8(2)6-11(14-16-7-17-22(14)5)20-13-12-9(3)21-23-15(12)19-10(4)18-13/h7-8,11H,6H2,1-5H3,(H,18,19,20)/t11-/m0/s1. The third kappa shape index (κ3) is 3.01. The van der Waals surface area contributed by atoms with Crippen molar-refractivity contribution in [1.82, 2.24) is 29.9 Å². The molecule has 0 aromatic carbocycles. The van der Waals surface area contributed by atoms with Crippen LogP contribution in [0.15, 0.2) is 10.9 Å². The maximum atomic E-state index is 5.27. The van der Waals surface area contributed by atoms with Crippen molar-refractivity contribution < 1.29 is 4.52 Å². The van der Waals surface area contributed by atoms with E-state index in [1.807, 2.05) is 20.9 Å². The molecule has 3 aromatic rings. The first-order chi connectivity index (χ1) is 11.0. The Balaban J connectivity index is 2.03. The van der Waals surface area contributed by atoms with E-state index in [0.29, 0.717) is 17.5 Å². The quantitative estimate of drug-likeness (QED) is 0.773. The van der Waals surface area contributed by atoms with Crippen LogP contribution >= 0.6 is 0 Å². The van der Waals surface area contributed by atoms with E-state index in [1.54, 1.807) is 11.0 Å². The minimum Gasteiger partial charge on any atom is -0.359 e. The van der Waals surface area contributed by atoms with Crippen LogP contribution < -0.4 is 5.32 Å². The van der Waals surface area contributed by atoms with Gasteiger partial charge >= 0.3 is 0 Å². The third-order valence-electron chi connectivity index (χ3n) is 3.69. The summed E-state index contributed by atoms with van der Waals surface area (Å²) in [6.07, 6.45) is 2.47. The zero-order valence-corrected chi connectivity index (χ0v) is 14.0. The average Bonchev–Trinajstić information content (AvgIpc) is 3.04. The largest absolute Gasteiger partial charge is 0.359 e. The Hall–Kier alpha value is -2.51. The summed E-state index contributed by atoms with van der Waals surface area (Å²) in [5.41, 5.74) is 1.27. The van der Waals surface area contributed by atoms with Gasteiger partial charge in [-0.15, -0.1) is 0 Å². The smallest absolute Gasteiger partial charge is 0.263 e. The molecule has 0 spiro atoms. The summed E-state index contributed by atoms with van der Waals surface area (Å²) in [6.45, 7) is 8.07. The number of anilines is 1. The van der Waals surface area contributed by atoms with Crippen LogP contribution in [0.2, 0.25) is 0 Å². The molecule has 122 valence electrons. The lowest BCUT2D eigenvalue weighted by Gasteiger charge is -2.20. The first kappa shape index (κ1) is 15.4. The van der Waals surface area contributed by atoms with Crippen molar-refractivity contribution in [1.29, 1.82) is 0 Å². The van der Waals surface area contributed by atoms with Crippen molar-refractivity contribution in [2.75, 3.05) is 5.32 Å². The molecular formula is C15H21N7O. The van der Waals surface area contributed by atoms with Crippen LogP contribution in [-0.4, -0.2) is 29.9 Å². The number of nitrogens with one attached hydrogen (secondary N) is 1. The van der Waals surface area contributed by atoms with Crippen LogP contribution in [0.3, 0.4) is 0 Å². The highest BCUT2D eigenvalue weighted by Gasteiger charge is 2.22. The lowest BCUT2D eigenvalue weighted by molar-refractivity contribution is 0.442. The Morgan fingerprint density at radius 2 is 2.04 bits per heavy atom. The molecule has 1 N–H and O–H groups in total. The van der Waals surface area contributed by atoms with E-state index in [1.165, 1.54) is 0 Å². The molecule has 0 amide bonds. The molecule has 0 fully saturated rings. The second-order valence-electron chi connectivity index (χ2n) is 6.14. The second kappa shape index (κ2) is 5.94. The van der Waals surface area contributed by atoms with Gasteiger partial charge in [-0.05, 0) is 26.2 Å². The third-order valence-corrected chi connectivity index (χ3v) is 3.69. The van der Waals surface area contributed by atoms with E-state index in [-0.39, 0.29) is 6.04 Å². The fourth-order valence-electron chi connectivity index (χ4n) is 2.69. The van der Waals surface area contributed by atoms with Gasteiger partial charge in [0.25, 0.3) is 5.71 Å². The van der Waals surface area contributed by atoms with Gasteiger partial charge in [0.05, 0.1) is 11.7 Å². The van der Waals surface area contributed by atoms with Crippen LogP contribution in [0.5, 0.6) is 0 Å². The van der Waals surface area contributed by atoms with Crippen LogP contribution in [0.4, 0.5) is 5.82 Å². The monoisotopic (exact) mass is 315 g/mol. The van der Waals surface area contributed by atoms with Gasteiger partial charge in [0.15, 0.2) is 0 Å². The highest BCUT2D eigenvalue weighted by Crippen LogP contribution is 2.29. The first-order valence-corrected chi connectivity index (χ1v) is 7.66. The van der Waals surface area contributed by atoms with Crippen molar-refractivity contribution in [3.63, 3.8) is 0 Å². The average molecular weight is 315 g/mol. The van der Waals surface area contributed by atoms with Crippen LogP contribution in [0.1, 0.15) is 43.7 Å². The highest BCUT2D eigenvalue weighted by molar-refractivity contribution is 5.87. The van der Waals surface area contributed by atoms with Gasteiger partial charge in [-0.3, -0.25) is 4.68 Å². The number of aromatic nitrogens is 6. The Bertz CT molecular complexity index is 820. The van der Waals surface area contributed by atoms with Gasteiger partial charge < -0.3 is 9.84 Å². The van der Waals surface area contributed by atoms with Gasteiger partial charge in [0.1, 0.15) is 29.2 Å². The summed E-state index contributed by atoms with van der Waals surface area (Å²) in [5.74, 6) is 2.72. The molecule has 3 rings (SSSR count). The molecule has 23 heavy (non-hydrogen) atoms. The lowest BCUT2D eigenvalue weighted by atomic mass is 10.0. The minimum atomic E-state index is -0.00528. The predicted molar refractivity (Wildman–Crippen MR) is 85.9 cm³/mol. The van der Waals surface area contributed by atoms with Crippen molar-refractivity contribution in [2.24, 2.45) is 13.0 Å². The molecule has 3 heterocycles. The van der Waals surface area contributed by atoms with Crippen LogP contribution in [0.25, 0.3) is 11.1 Å². The molecular weight excluding hydrogens is 294 g/mol. The molecule has 0 bridgehead atoms. The van der Waals surface area contributed by atoms with Gasteiger partial charge in [-0.25, -0.2) is 9.97 Å². The molecule has 0 saturated carbocycles. The van der Waals surface area contributed by atoms with Gasteiger partial charge in [0, 0.05) is 7.05 Å². The second-order valence-corrected chi connectivity index (χ2v) is 6.14. The molecule has 0 radical (unpaired) electrons. The molecule has 8 nitrogen and oxygen atoms in total. The number of nitrogens with zero attached hydrogens (tertiary/aromatic N) is 6. The fourth-order valence-corrected chi connectivity index (χ4v) is 2.69. The highest BCUT2D eigenvalue weighted by atomic mass is 16.5. The maximum absolute atomic E-state index is 5.27. The van der Waals surface area contributed by atoms with Gasteiger partial charge in [0.2, 0.25) is 0 Å². The van der Waals surface area contributed by atoms with Crippen molar-refractivity contribution in [3.05, 3.63) is 23.7 Å². The predicted octanol–water partition coefficient (Wildman–Crippen LogP) is 2.56. The molecule has 0 aliphatic heterocycles. The normalized spacial score (nSPS) is 13.0. The molecule has 3 aromatic heterocycles. The van der Waals surface area contributed by atoms with E-state index in [0.717, 1.165) is 29.1 Å². The van der Waals surface area contributed by atoms with Crippen LogP contribution in [-0.2, 0) is 7.05 Å². The first-order valence-electron chi connectivity index (χ1n) is 7.66. The number of fused-ring (bicyclic) bond motifs is 1. The van der Waals surface area contributed by atoms with Gasteiger partial charge in [-0.1, -0.05) is 19.0 Å². The van der Waals surface area contributed by atoms with Gasteiger partial charge in [-0.2, -0.15) is 10.1 Å². The lowest BCUT2D eigenvalue weighted by Crippen LogP contribution is -2.19. The van der Waals surface area contributed by atoms with E-state index in [2.05, 4.69) is 44.4 Å². The Morgan fingerprint density at radius 1 is 1.26 bits per heavy atom. The molecule has 1 atom stereocenters. The van der Waals surface area contributed by atoms with Crippen molar-refractivity contribution in [2.45, 2.75) is 40.2 Å². The Kier molecular flexibility index (Phi) is 3.97. The summed E-state index contributed by atoms with van der Waals surface area (Å²) >= 11 is 0. The molecule has 0 unspecified atom stereocenters. The zero-order chi connectivity index (χ0) is 16.6. The number of hydrogen-bond donors (Lipinski definition) is 1. The number of rotatable bonds is 5. The Morgan fingerprint density at radius 3 is 2.70 bits per heavy atom. The number of hydrogen-bond acceptors (Lipinski definition) is 7. The van der Waals surface area contributed by atoms with Crippen molar-refractivity contribution >= 4 is 16.9 Å². The van der Waals surface area contributed by atoms with E-state index >= 15 is 0 Å². The Labute approximate surface area is 134 Å². The molecule has 8 heteroatoms. The van der Waals surface area contributed by atoms with E-state index < -0.39 is 0 Å². The molecule has 0 saturated heterocycles. The fraction of sp³-hybridized carbons (Fsp3) is 0.533. The van der Waals surface area contributed by atoms with Crippen molar-refractivity contribution in [3.8, 4) is 0 Å². The molecule has 0 aliphatic carbocycles. The SMILES string of the molecule is Cc1nc(N[C@@H](CC(C)C)c2ncnn2C)c2c(C)noc2n1. The summed E-state index contributed by atoms with van der Waals surface area (Å²) in [4.78, 5) is 13.2. The summed E-state index contributed by atoms with van der Waals surface area (Å²) in [5, 5.41) is 12.5. The van der Waals surface area contributed by atoms with Crippen LogP contribution in [0, 0.1) is 19.8 Å². The topological polar surface area (TPSA) is 94.6 Å². The minimum absolute atomic E-state index is 0.00528. The summed E-state index contributed by atoms with van der Waals surface area (Å²) in [7, 11) is 1.89.